The van der Waals surface area contributed by atoms with Gasteiger partial charge in [0, 0.05) is 0 Å². The summed E-state index contributed by atoms with van der Waals surface area (Å²) in [6.07, 6.45) is 8.54. The molecule has 0 amide bonds. The first-order chi connectivity index (χ1) is 8.72. The van der Waals surface area contributed by atoms with Crippen LogP contribution in [0.1, 0.15) is 39.0 Å². The van der Waals surface area contributed by atoms with Crippen molar-refractivity contribution in [3.05, 3.63) is 12.4 Å². The highest BCUT2D eigenvalue weighted by molar-refractivity contribution is 5.13. The lowest BCUT2D eigenvalue weighted by Crippen LogP contribution is -2.42. The van der Waals surface area contributed by atoms with Crippen molar-refractivity contribution in [2.45, 2.75) is 44.6 Å². The first kappa shape index (κ1) is 13.1. The van der Waals surface area contributed by atoms with Crippen molar-refractivity contribution in [2.75, 3.05) is 13.2 Å². The van der Waals surface area contributed by atoms with Crippen molar-refractivity contribution in [3.8, 4) is 11.8 Å². The maximum absolute atomic E-state index is 6.22. The topological polar surface area (TPSA) is 70.3 Å². The van der Waals surface area contributed by atoms with Gasteiger partial charge >= 0.3 is 0 Å². The van der Waals surface area contributed by atoms with Crippen LogP contribution in [0, 0.1) is 0 Å². The van der Waals surface area contributed by atoms with E-state index in [1.807, 2.05) is 6.92 Å². The van der Waals surface area contributed by atoms with Gasteiger partial charge in [-0.25, -0.2) is 0 Å². The van der Waals surface area contributed by atoms with E-state index in [1.165, 1.54) is 12.8 Å². The summed E-state index contributed by atoms with van der Waals surface area (Å²) in [4.78, 5) is 8.29. The quantitative estimate of drug-likeness (QED) is 0.836. The molecule has 5 nitrogen and oxygen atoms in total. The summed E-state index contributed by atoms with van der Waals surface area (Å²) in [5.41, 5.74) is 6.03. The smallest absolute Gasteiger partial charge is 0.235 e. The number of hydrogen-bond donors (Lipinski definition) is 1. The summed E-state index contributed by atoms with van der Waals surface area (Å²) in [7, 11) is 0. The van der Waals surface area contributed by atoms with Crippen LogP contribution >= 0.6 is 0 Å². The average Bonchev–Trinajstić information content (AvgIpc) is 2.82. The van der Waals surface area contributed by atoms with E-state index < -0.39 is 0 Å². The highest BCUT2D eigenvalue weighted by atomic mass is 16.5. The molecule has 0 bridgehead atoms. The summed E-state index contributed by atoms with van der Waals surface area (Å²) in [6, 6.07) is 0. The molecule has 1 fully saturated rings. The lowest BCUT2D eigenvalue weighted by molar-refractivity contribution is 0.208. The van der Waals surface area contributed by atoms with Crippen molar-refractivity contribution >= 4 is 0 Å². The van der Waals surface area contributed by atoms with Gasteiger partial charge in [-0.05, 0) is 19.3 Å². The summed E-state index contributed by atoms with van der Waals surface area (Å²) in [5, 5.41) is 0. The van der Waals surface area contributed by atoms with E-state index in [4.69, 9.17) is 15.2 Å². The molecule has 18 heavy (non-hydrogen) atoms. The van der Waals surface area contributed by atoms with Crippen LogP contribution in [0.25, 0.3) is 0 Å². The average molecular weight is 251 g/mol. The van der Waals surface area contributed by atoms with Crippen molar-refractivity contribution in [1.29, 1.82) is 0 Å². The first-order valence-corrected chi connectivity index (χ1v) is 6.58. The SMILES string of the molecule is CCCOc1cncc(OCC2(N)CCCC2)n1. The van der Waals surface area contributed by atoms with E-state index in [2.05, 4.69) is 9.97 Å². The van der Waals surface area contributed by atoms with Crippen LogP contribution in [0.5, 0.6) is 11.8 Å². The second-order valence-corrected chi connectivity index (χ2v) is 4.90. The maximum Gasteiger partial charge on any atom is 0.235 e. The Morgan fingerprint density at radius 2 is 1.89 bits per heavy atom. The maximum atomic E-state index is 6.22. The molecule has 1 saturated carbocycles. The van der Waals surface area contributed by atoms with Crippen molar-refractivity contribution in [2.24, 2.45) is 5.73 Å². The fourth-order valence-electron chi connectivity index (χ4n) is 2.12. The molecule has 0 spiro atoms. The van der Waals surface area contributed by atoms with Crippen LogP contribution in [-0.2, 0) is 0 Å². The fourth-order valence-corrected chi connectivity index (χ4v) is 2.12. The van der Waals surface area contributed by atoms with E-state index in [1.54, 1.807) is 12.4 Å². The summed E-state index contributed by atoms with van der Waals surface area (Å²) < 4.78 is 11.0. The van der Waals surface area contributed by atoms with Crippen LogP contribution in [0.4, 0.5) is 0 Å². The van der Waals surface area contributed by atoms with Crippen LogP contribution in [0.15, 0.2) is 12.4 Å². The first-order valence-electron chi connectivity index (χ1n) is 6.58. The molecule has 0 radical (unpaired) electrons. The van der Waals surface area contributed by atoms with Crippen molar-refractivity contribution in [3.63, 3.8) is 0 Å². The Morgan fingerprint density at radius 1 is 1.22 bits per heavy atom. The van der Waals surface area contributed by atoms with Crippen molar-refractivity contribution in [1.82, 2.24) is 9.97 Å². The highest BCUT2D eigenvalue weighted by Crippen LogP contribution is 2.27. The molecular weight excluding hydrogens is 230 g/mol. The number of ether oxygens (including phenoxy) is 2. The van der Waals surface area contributed by atoms with E-state index in [0.717, 1.165) is 19.3 Å². The van der Waals surface area contributed by atoms with Gasteiger partial charge in [0.2, 0.25) is 11.8 Å². The summed E-state index contributed by atoms with van der Waals surface area (Å²) in [5.74, 6) is 0.993. The molecule has 0 aromatic carbocycles. The Kier molecular flexibility index (Phi) is 4.36. The Morgan fingerprint density at radius 3 is 2.56 bits per heavy atom. The zero-order valence-electron chi connectivity index (χ0n) is 10.9. The Hall–Kier alpha value is -1.36. The van der Waals surface area contributed by atoms with Gasteiger partial charge in [0.25, 0.3) is 0 Å². The molecule has 0 saturated heterocycles. The van der Waals surface area contributed by atoms with Gasteiger partial charge in [0.15, 0.2) is 0 Å². The lowest BCUT2D eigenvalue weighted by Gasteiger charge is -2.22. The van der Waals surface area contributed by atoms with E-state index in [9.17, 15) is 0 Å². The van der Waals surface area contributed by atoms with Gasteiger partial charge in [-0.1, -0.05) is 19.8 Å². The molecule has 2 N–H and O–H groups in total. The number of nitrogens with two attached hydrogens (primary N) is 1. The second kappa shape index (κ2) is 6.00. The Labute approximate surface area is 108 Å². The Bertz CT molecular complexity index is 378. The molecule has 0 unspecified atom stereocenters. The minimum absolute atomic E-state index is 0.192. The van der Waals surface area contributed by atoms with Gasteiger partial charge in [-0.2, -0.15) is 4.98 Å². The molecule has 100 valence electrons. The normalized spacial score (nSPS) is 17.7. The van der Waals surface area contributed by atoms with Gasteiger partial charge < -0.3 is 15.2 Å². The predicted octanol–water partition coefficient (Wildman–Crippen LogP) is 1.92. The zero-order valence-corrected chi connectivity index (χ0v) is 10.9. The molecule has 2 rings (SSSR count). The molecule has 0 aliphatic heterocycles. The Balaban J connectivity index is 1.88. The zero-order chi connectivity index (χ0) is 12.8. The van der Waals surface area contributed by atoms with Crippen LogP contribution in [-0.4, -0.2) is 28.7 Å². The van der Waals surface area contributed by atoms with Crippen LogP contribution in [0.3, 0.4) is 0 Å². The molecule has 1 heterocycles. The molecule has 1 aromatic heterocycles. The molecular formula is C13H21N3O2. The summed E-state index contributed by atoms with van der Waals surface area (Å²) >= 11 is 0. The van der Waals surface area contributed by atoms with Gasteiger partial charge in [0.1, 0.15) is 6.61 Å². The van der Waals surface area contributed by atoms with E-state index >= 15 is 0 Å². The third-order valence-corrected chi connectivity index (χ3v) is 3.15. The monoisotopic (exact) mass is 251 g/mol. The minimum Gasteiger partial charge on any atom is -0.477 e. The van der Waals surface area contributed by atoms with E-state index in [-0.39, 0.29) is 5.54 Å². The second-order valence-electron chi connectivity index (χ2n) is 4.90. The molecule has 0 atom stereocenters. The van der Waals surface area contributed by atoms with Crippen molar-refractivity contribution < 1.29 is 9.47 Å². The predicted molar refractivity (Wildman–Crippen MR) is 68.7 cm³/mol. The number of hydrogen-bond acceptors (Lipinski definition) is 5. The molecule has 1 aliphatic rings. The number of nitrogens with zero attached hydrogens (tertiary/aromatic N) is 2. The molecule has 5 heteroatoms. The van der Waals surface area contributed by atoms with Crippen LogP contribution < -0.4 is 15.2 Å². The molecule has 1 aliphatic carbocycles. The number of aromatic nitrogens is 2. The largest absolute Gasteiger partial charge is 0.477 e. The summed E-state index contributed by atoms with van der Waals surface area (Å²) in [6.45, 7) is 3.18. The minimum atomic E-state index is -0.192. The van der Waals surface area contributed by atoms with Gasteiger partial charge in [-0.15, -0.1) is 0 Å². The third kappa shape index (κ3) is 3.57. The van der Waals surface area contributed by atoms with Gasteiger partial charge in [-0.3, -0.25) is 4.98 Å². The molecule has 1 aromatic rings. The standard InChI is InChI=1S/C13H21N3O2/c1-2-7-17-11-8-15-9-12(16-11)18-10-13(14)5-3-4-6-13/h8-9H,2-7,10,14H2,1H3. The van der Waals surface area contributed by atoms with E-state index in [0.29, 0.717) is 25.0 Å². The van der Waals surface area contributed by atoms with Crippen LogP contribution in [0.2, 0.25) is 0 Å². The lowest BCUT2D eigenvalue weighted by atomic mass is 10.0. The fraction of sp³-hybridized carbons (Fsp3) is 0.692. The third-order valence-electron chi connectivity index (χ3n) is 3.15. The highest BCUT2D eigenvalue weighted by Gasteiger charge is 2.30. The van der Waals surface area contributed by atoms with Gasteiger partial charge in [0.05, 0.1) is 24.5 Å². The number of rotatable bonds is 6.